The molecule has 4 rings (SSSR count). The fraction of sp³-hybridized carbons (Fsp3) is 0.423. The minimum absolute atomic E-state index is 0.123. The van der Waals surface area contributed by atoms with Crippen molar-refractivity contribution in [2.45, 2.75) is 19.4 Å². The van der Waals surface area contributed by atoms with Crippen molar-refractivity contribution in [2.75, 3.05) is 45.8 Å². The van der Waals surface area contributed by atoms with Crippen molar-refractivity contribution >= 4 is 23.6 Å². The highest BCUT2D eigenvalue weighted by Gasteiger charge is 2.30. The molecule has 0 aliphatic carbocycles. The van der Waals surface area contributed by atoms with Gasteiger partial charge in [0.1, 0.15) is 0 Å². The van der Waals surface area contributed by atoms with Gasteiger partial charge in [-0.25, -0.2) is 0 Å². The number of piperidine rings is 1. The van der Waals surface area contributed by atoms with E-state index in [2.05, 4.69) is 57.2 Å². The molecular weight excluding hydrogens is 406 g/mol. The number of carbonyl (C=O) groups excluding carboxylic acids is 1. The van der Waals surface area contributed by atoms with E-state index >= 15 is 0 Å². The fourth-order valence-electron chi connectivity index (χ4n) is 4.61. The highest BCUT2D eigenvalue weighted by atomic mass is 35.5. The largest absolute Gasteiger partial charge is 0.340 e. The summed E-state index contributed by atoms with van der Waals surface area (Å²) >= 11 is 6.13. The molecule has 31 heavy (non-hydrogen) atoms. The molecule has 0 spiro atoms. The van der Waals surface area contributed by atoms with Crippen LogP contribution < -0.4 is 0 Å². The van der Waals surface area contributed by atoms with Crippen LogP contribution >= 0.6 is 11.6 Å². The Labute approximate surface area is 191 Å². The number of nitrogens with zero attached hydrogens (tertiary/aromatic N) is 3. The van der Waals surface area contributed by atoms with E-state index in [9.17, 15) is 4.79 Å². The zero-order valence-electron chi connectivity index (χ0n) is 18.1. The van der Waals surface area contributed by atoms with Crippen LogP contribution in [0, 0.1) is 5.92 Å². The molecule has 2 saturated heterocycles. The van der Waals surface area contributed by atoms with Crippen molar-refractivity contribution in [3.63, 3.8) is 0 Å². The molecule has 0 aromatic heterocycles. The van der Waals surface area contributed by atoms with Crippen LogP contribution in [0.15, 0.2) is 60.7 Å². The Kier molecular flexibility index (Phi) is 7.79. The molecule has 2 heterocycles. The Morgan fingerprint density at radius 1 is 0.968 bits per heavy atom. The van der Waals surface area contributed by atoms with Crippen molar-refractivity contribution in [3.05, 3.63) is 76.8 Å². The summed E-state index contributed by atoms with van der Waals surface area (Å²) in [6, 6.07) is 18.4. The number of amides is 1. The average Bonchev–Trinajstić information content (AvgIpc) is 2.80. The van der Waals surface area contributed by atoms with Gasteiger partial charge in [0.25, 0.3) is 0 Å². The lowest BCUT2D eigenvalue weighted by Crippen LogP contribution is -2.52. The quantitative estimate of drug-likeness (QED) is 0.669. The van der Waals surface area contributed by atoms with Gasteiger partial charge < -0.3 is 4.90 Å². The van der Waals surface area contributed by atoms with Gasteiger partial charge in [0.2, 0.25) is 5.91 Å². The highest BCUT2D eigenvalue weighted by molar-refractivity contribution is 6.30. The van der Waals surface area contributed by atoms with Crippen LogP contribution in [0.25, 0.3) is 6.08 Å². The number of carbonyl (C=O) groups is 1. The Balaban J connectivity index is 1.23. The molecule has 0 saturated carbocycles. The van der Waals surface area contributed by atoms with Crippen LogP contribution in [0.5, 0.6) is 0 Å². The Bertz CT molecular complexity index is 877. The first-order chi connectivity index (χ1) is 15.2. The van der Waals surface area contributed by atoms with Crippen LogP contribution in [0.1, 0.15) is 24.0 Å². The fourth-order valence-corrected chi connectivity index (χ4v) is 4.82. The molecule has 2 aromatic carbocycles. The summed E-state index contributed by atoms with van der Waals surface area (Å²) < 4.78 is 0. The summed E-state index contributed by atoms with van der Waals surface area (Å²) in [7, 11) is 0. The smallest absolute Gasteiger partial charge is 0.227 e. The third-order valence-corrected chi connectivity index (χ3v) is 6.54. The number of likely N-dealkylation sites (tertiary alicyclic amines) is 1. The monoisotopic (exact) mass is 437 g/mol. The second-order valence-corrected chi connectivity index (χ2v) is 9.08. The van der Waals surface area contributed by atoms with E-state index in [-0.39, 0.29) is 5.92 Å². The molecule has 0 radical (unpaired) electrons. The molecular formula is C26H32ClN3O. The molecule has 164 valence electrons. The average molecular weight is 438 g/mol. The summed E-state index contributed by atoms with van der Waals surface area (Å²) in [5.41, 5.74) is 2.45. The lowest BCUT2D eigenvalue weighted by molar-refractivity contribution is -0.139. The third-order valence-electron chi connectivity index (χ3n) is 6.31. The number of hydrogen-bond acceptors (Lipinski definition) is 3. The number of benzene rings is 2. The van der Waals surface area contributed by atoms with Crippen LogP contribution in [0.2, 0.25) is 5.02 Å². The van der Waals surface area contributed by atoms with E-state index in [1.807, 2.05) is 24.3 Å². The normalized spacial score (nSPS) is 20.9. The summed E-state index contributed by atoms with van der Waals surface area (Å²) in [4.78, 5) is 20.1. The Morgan fingerprint density at radius 3 is 2.55 bits per heavy atom. The number of halogens is 1. The SMILES string of the molecule is O=C(C1CCCN(Cc2cccc(Cl)c2)C1)N1CCN(C/C=C/c2ccccc2)CC1. The van der Waals surface area contributed by atoms with Gasteiger partial charge in [-0.2, -0.15) is 0 Å². The second-order valence-electron chi connectivity index (χ2n) is 8.64. The molecule has 2 aliphatic rings. The molecule has 5 heteroatoms. The van der Waals surface area contributed by atoms with Crippen LogP contribution in [0.4, 0.5) is 0 Å². The van der Waals surface area contributed by atoms with Gasteiger partial charge in [-0.15, -0.1) is 0 Å². The summed E-state index contributed by atoms with van der Waals surface area (Å²) in [5.74, 6) is 0.465. The topological polar surface area (TPSA) is 26.8 Å². The van der Waals surface area contributed by atoms with Crippen molar-refractivity contribution in [2.24, 2.45) is 5.92 Å². The first-order valence-corrected chi connectivity index (χ1v) is 11.7. The molecule has 2 aromatic rings. The van der Waals surface area contributed by atoms with Crippen molar-refractivity contribution < 1.29 is 4.79 Å². The van der Waals surface area contributed by atoms with Gasteiger partial charge in [-0.05, 0) is 42.6 Å². The van der Waals surface area contributed by atoms with Gasteiger partial charge in [-0.1, -0.05) is 66.2 Å². The maximum absolute atomic E-state index is 13.2. The van der Waals surface area contributed by atoms with Gasteiger partial charge in [0.15, 0.2) is 0 Å². The summed E-state index contributed by atoms with van der Waals surface area (Å²) in [6.07, 6.45) is 6.49. The zero-order chi connectivity index (χ0) is 21.5. The zero-order valence-corrected chi connectivity index (χ0v) is 18.9. The molecule has 1 amide bonds. The van der Waals surface area contributed by atoms with E-state index in [4.69, 9.17) is 11.6 Å². The highest BCUT2D eigenvalue weighted by Crippen LogP contribution is 2.22. The summed E-state index contributed by atoms with van der Waals surface area (Å²) in [5, 5.41) is 0.777. The predicted octanol–water partition coefficient (Wildman–Crippen LogP) is 4.41. The number of rotatable bonds is 6. The van der Waals surface area contributed by atoms with Gasteiger partial charge in [-0.3, -0.25) is 14.6 Å². The first-order valence-electron chi connectivity index (χ1n) is 11.4. The van der Waals surface area contributed by atoms with E-state index in [0.29, 0.717) is 5.91 Å². The van der Waals surface area contributed by atoms with E-state index in [0.717, 1.165) is 70.2 Å². The molecule has 1 atom stereocenters. The molecule has 2 aliphatic heterocycles. The molecule has 4 nitrogen and oxygen atoms in total. The maximum Gasteiger partial charge on any atom is 0.227 e. The van der Waals surface area contributed by atoms with Gasteiger partial charge in [0.05, 0.1) is 5.92 Å². The van der Waals surface area contributed by atoms with Gasteiger partial charge in [0, 0.05) is 50.8 Å². The van der Waals surface area contributed by atoms with Crippen molar-refractivity contribution in [3.8, 4) is 0 Å². The maximum atomic E-state index is 13.2. The lowest BCUT2D eigenvalue weighted by atomic mass is 9.95. The lowest BCUT2D eigenvalue weighted by Gasteiger charge is -2.38. The van der Waals surface area contributed by atoms with Crippen molar-refractivity contribution in [1.29, 1.82) is 0 Å². The molecule has 1 unspecified atom stereocenters. The summed E-state index contributed by atoms with van der Waals surface area (Å²) in [6.45, 7) is 7.28. The molecule has 0 bridgehead atoms. The minimum atomic E-state index is 0.123. The van der Waals surface area contributed by atoms with Crippen LogP contribution in [-0.4, -0.2) is 66.4 Å². The third kappa shape index (κ3) is 6.42. The predicted molar refractivity (Wildman–Crippen MR) is 128 cm³/mol. The van der Waals surface area contributed by atoms with Gasteiger partial charge >= 0.3 is 0 Å². The van der Waals surface area contributed by atoms with Crippen LogP contribution in [-0.2, 0) is 11.3 Å². The second kappa shape index (κ2) is 10.9. The standard InChI is InChI=1S/C26H32ClN3O/c27-25-12-4-9-23(19-25)20-29-14-6-11-24(21-29)26(31)30-17-15-28(16-18-30)13-5-10-22-7-2-1-3-8-22/h1-5,7-10,12,19,24H,6,11,13-18,20-21H2/b10-5+. The Hall–Kier alpha value is -2.14. The Morgan fingerprint density at radius 2 is 1.77 bits per heavy atom. The number of hydrogen-bond donors (Lipinski definition) is 0. The van der Waals surface area contributed by atoms with E-state index in [1.54, 1.807) is 0 Å². The van der Waals surface area contributed by atoms with E-state index in [1.165, 1.54) is 11.1 Å². The minimum Gasteiger partial charge on any atom is -0.340 e. The number of piperazine rings is 1. The van der Waals surface area contributed by atoms with E-state index < -0.39 is 0 Å². The first kappa shape index (κ1) is 22.1. The van der Waals surface area contributed by atoms with Crippen molar-refractivity contribution in [1.82, 2.24) is 14.7 Å². The molecule has 2 fully saturated rings. The van der Waals surface area contributed by atoms with Crippen LogP contribution in [0.3, 0.4) is 0 Å². The molecule has 0 N–H and O–H groups in total.